The zero-order valence-electron chi connectivity index (χ0n) is 18.6. The van der Waals surface area contributed by atoms with Crippen molar-refractivity contribution in [1.82, 2.24) is 10.2 Å². The van der Waals surface area contributed by atoms with E-state index in [4.69, 9.17) is 9.47 Å². The minimum Gasteiger partial charge on any atom is -0.443 e. The van der Waals surface area contributed by atoms with Gasteiger partial charge in [-0.25, -0.2) is 4.79 Å². The van der Waals surface area contributed by atoms with Crippen molar-refractivity contribution in [3.05, 3.63) is 72.5 Å². The largest absolute Gasteiger partial charge is 0.443 e. The average molecular weight is 421 g/mol. The fourth-order valence-electron chi connectivity index (χ4n) is 4.31. The summed E-state index contributed by atoms with van der Waals surface area (Å²) in [4.78, 5) is 14.6. The highest BCUT2D eigenvalue weighted by Crippen LogP contribution is 2.29. The Morgan fingerprint density at radius 2 is 1.94 bits per heavy atom. The highest BCUT2D eigenvalue weighted by molar-refractivity contribution is 5.82. The second-order valence-electron chi connectivity index (χ2n) is 9.29. The van der Waals surface area contributed by atoms with Gasteiger partial charge in [-0.15, -0.1) is 0 Å². The molecular weight excluding hydrogens is 388 g/mol. The number of hydrogen-bond acceptors (Lipinski definition) is 4. The van der Waals surface area contributed by atoms with E-state index >= 15 is 0 Å². The first-order valence-electron chi connectivity index (χ1n) is 11.1. The van der Waals surface area contributed by atoms with Crippen molar-refractivity contribution in [3.8, 4) is 0 Å². The molecule has 1 N–H and O–H groups in total. The number of ether oxygens (including phenoxy) is 2. The minimum absolute atomic E-state index is 0.00584. The van der Waals surface area contributed by atoms with Gasteiger partial charge in [-0.3, -0.25) is 4.90 Å². The van der Waals surface area contributed by atoms with Crippen LogP contribution in [0.5, 0.6) is 0 Å². The van der Waals surface area contributed by atoms with Crippen LogP contribution in [0.3, 0.4) is 0 Å². The van der Waals surface area contributed by atoms with Crippen LogP contribution in [0.1, 0.15) is 32.8 Å². The van der Waals surface area contributed by atoms with E-state index in [2.05, 4.69) is 53.9 Å². The first-order valence-corrected chi connectivity index (χ1v) is 11.1. The number of allylic oxidation sites excluding steroid dienone is 2. The molecule has 5 nitrogen and oxygen atoms in total. The zero-order valence-corrected chi connectivity index (χ0v) is 18.6. The van der Waals surface area contributed by atoms with Crippen LogP contribution in [0, 0.1) is 5.92 Å². The first kappa shape index (κ1) is 21.6. The molecule has 0 radical (unpaired) electrons. The summed E-state index contributed by atoms with van der Waals surface area (Å²) in [6.07, 6.45) is 8.43. The summed E-state index contributed by atoms with van der Waals surface area (Å²) in [5.74, 6) is 0.190. The van der Waals surface area contributed by atoms with Gasteiger partial charge in [0.1, 0.15) is 5.60 Å². The van der Waals surface area contributed by atoms with Crippen molar-refractivity contribution in [3.63, 3.8) is 0 Å². The van der Waals surface area contributed by atoms with E-state index in [1.54, 1.807) is 4.90 Å². The molecule has 0 aromatic heterocycles. The molecule has 2 aliphatic heterocycles. The van der Waals surface area contributed by atoms with Crippen LogP contribution < -0.4 is 5.32 Å². The van der Waals surface area contributed by atoms with E-state index in [0.29, 0.717) is 6.61 Å². The van der Waals surface area contributed by atoms with Crippen molar-refractivity contribution in [2.24, 2.45) is 5.92 Å². The molecule has 31 heavy (non-hydrogen) atoms. The molecule has 2 heterocycles. The molecular formula is C26H32N2O3. The Hall–Kier alpha value is -2.63. The molecule has 1 amide bonds. The van der Waals surface area contributed by atoms with Crippen LogP contribution >= 0.6 is 0 Å². The number of benzene rings is 2. The molecule has 5 heteroatoms. The predicted molar refractivity (Wildman–Crippen MR) is 124 cm³/mol. The summed E-state index contributed by atoms with van der Waals surface area (Å²) < 4.78 is 12.1. The van der Waals surface area contributed by atoms with E-state index in [-0.39, 0.29) is 24.2 Å². The lowest BCUT2D eigenvalue weighted by molar-refractivity contribution is -0.0345. The van der Waals surface area contributed by atoms with Crippen LogP contribution in [-0.2, 0) is 16.1 Å². The van der Waals surface area contributed by atoms with Gasteiger partial charge in [-0.05, 0) is 62.2 Å². The van der Waals surface area contributed by atoms with Crippen molar-refractivity contribution < 1.29 is 14.3 Å². The SMILES string of the molecule is CC(C)(C)OC(=O)N1C=CC=CC1C1CCNCC1OCc1ccc2ccccc2c1. The Morgan fingerprint density at radius 3 is 2.74 bits per heavy atom. The Morgan fingerprint density at radius 1 is 1.13 bits per heavy atom. The van der Waals surface area contributed by atoms with E-state index in [0.717, 1.165) is 25.1 Å². The van der Waals surface area contributed by atoms with Crippen molar-refractivity contribution in [2.75, 3.05) is 13.1 Å². The lowest BCUT2D eigenvalue weighted by atomic mass is 9.86. The molecule has 3 unspecified atom stereocenters. The second-order valence-corrected chi connectivity index (χ2v) is 9.29. The number of rotatable bonds is 4. The third kappa shape index (κ3) is 5.35. The normalized spacial score (nSPS) is 23.8. The summed E-state index contributed by atoms with van der Waals surface area (Å²) in [7, 11) is 0. The fourth-order valence-corrected chi connectivity index (χ4v) is 4.31. The quantitative estimate of drug-likeness (QED) is 0.754. The number of fused-ring (bicyclic) bond motifs is 1. The topological polar surface area (TPSA) is 50.8 Å². The predicted octanol–water partition coefficient (Wildman–Crippen LogP) is 5.02. The summed E-state index contributed by atoms with van der Waals surface area (Å²) in [6.45, 7) is 7.91. The number of nitrogens with one attached hydrogen (secondary N) is 1. The van der Waals surface area contributed by atoms with Crippen molar-refractivity contribution in [1.29, 1.82) is 0 Å². The number of amides is 1. The zero-order chi connectivity index (χ0) is 21.8. The van der Waals surface area contributed by atoms with Gasteiger partial charge in [-0.1, -0.05) is 48.6 Å². The van der Waals surface area contributed by atoms with Crippen LogP contribution in [0.25, 0.3) is 10.8 Å². The first-order chi connectivity index (χ1) is 14.9. The molecule has 2 aromatic rings. The molecule has 0 saturated carbocycles. The Kier molecular flexibility index (Phi) is 6.44. The number of nitrogens with zero attached hydrogens (tertiary/aromatic N) is 1. The van der Waals surface area contributed by atoms with Gasteiger partial charge in [0.15, 0.2) is 0 Å². The number of hydrogen-bond donors (Lipinski definition) is 1. The maximum absolute atomic E-state index is 12.8. The smallest absolute Gasteiger partial charge is 0.414 e. The molecule has 164 valence electrons. The van der Waals surface area contributed by atoms with Gasteiger partial charge >= 0.3 is 6.09 Å². The van der Waals surface area contributed by atoms with E-state index < -0.39 is 5.60 Å². The molecule has 4 rings (SSSR count). The Bertz CT molecular complexity index is 976. The third-order valence-corrected chi connectivity index (χ3v) is 5.79. The van der Waals surface area contributed by atoms with Crippen molar-refractivity contribution >= 4 is 16.9 Å². The molecule has 0 spiro atoms. The van der Waals surface area contributed by atoms with Gasteiger partial charge in [0, 0.05) is 18.7 Å². The molecule has 3 atom stereocenters. The monoisotopic (exact) mass is 420 g/mol. The standard InChI is InChI=1S/C26H32N2O3/c1-26(2,3)31-25(29)28-15-7-6-10-23(28)22-13-14-27-17-24(22)30-18-19-11-12-20-8-4-5-9-21(20)16-19/h4-12,15-16,22-24,27H,13-14,17-18H2,1-3H3. The molecule has 2 aliphatic rings. The van der Waals surface area contributed by atoms with E-state index in [1.165, 1.54) is 10.8 Å². The molecule has 1 fully saturated rings. The fraction of sp³-hybridized carbons (Fsp3) is 0.423. The van der Waals surface area contributed by atoms with Gasteiger partial charge in [0.25, 0.3) is 0 Å². The summed E-state index contributed by atoms with van der Waals surface area (Å²) in [5, 5.41) is 5.90. The van der Waals surface area contributed by atoms with E-state index in [1.807, 2.05) is 39.1 Å². The average Bonchev–Trinajstić information content (AvgIpc) is 2.76. The van der Waals surface area contributed by atoms with E-state index in [9.17, 15) is 4.79 Å². The Labute approximate surface area is 184 Å². The summed E-state index contributed by atoms with van der Waals surface area (Å²) >= 11 is 0. The number of carbonyl (C=O) groups is 1. The van der Waals surface area contributed by atoms with Crippen LogP contribution in [0.4, 0.5) is 4.79 Å². The van der Waals surface area contributed by atoms with Gasteiger partial charge in [-0.2, -0.15) is 0 Å². The van der Waals surface area contributed by atoms with Gasteiger partial charge in [0.2, 0.25) is 0 Å². The Balaban J connectivity index is 1.47. The maximum Gasteiger partial charge on any atom is 0.414 e. The summed E-state index contributed by atoms with van der Waals surface area (Å²) in [6, 6.07) is 14.7. The number of piperidine rings is 1. The minimum atomic E-state index is -0.531. The molecule has 2 aromatic carbocycles. The van der Waals surface area contributed by atoms with Gasteiger partial charge in [0.05, 0.1) is 18.8 Å². The lowest BCUT2D eigenvalue weighted by Crippen LogP contribution is -2.52. The highest BCUT2D eigenvalue weighted by atomic mass is 16.6. The van der Waals surface area contributed by atoms with Crippen molar-refractivity contribution in [2.45, 2.75) is 51.5 Å². The molecule has 1 saturated heterocycles. The second kappa shape index (κ2) is 9.25. The van der Waals surface area contributed by atoms with Crippen LogP contribution in [0.2, 0.25) is 0 Å². The van der Waals surface area contributed by atoms with Gasteiger partial charge < -0.3 is 14.8 Å². The van der Waals surface area contributed by atoms with Crippen LogP contribution in [-0.4, -0.2) is 41.8 Å². The number of carbonyl (C=O) groups excluding carboxylic acids is 1. The lowest BCUT2D eigenvalue weighted by Gasteiger charge is -2.41. The highest BCUT2D eigenvalue weighted by Gasteiger charge is 2.37. The summed E-state index contributed by atoms with van der Waals surface area (Å²) in [5.41, 5.74) is 0.627. The maximum atomic E-state index is 12.8. The third-order valence-electron chi connectivity index (χ3n) is 5.79. The molecule has 0 bridgehead atoms. The molecule has 0 aliphatic carbocycles. The van der Waals surface area contributed by atoms with Crippen LogP contribution in [0.15, 0.2) is 66.9 Å².